The Morgan fingerprint density at radius 2 is 1.55 bits per heavy atom. The third-order valence-corrected chi connectivity index (χ3v) is 8.27. The molecule has 1 unspecified atom stereocenters. The van der Waals surface area contributed by atoms with Crippen molar-refractivity contribution in [1.82, 2.24) is 10.2 Å². The molecule has 9 heteroatoms. The van der Waals surface area contributed by atoms with Gasteiger partial charge in [0.05, 0.1) is 11.9 Å². The van der Waals surface area contributed by atoms with E-state index in [1.165, 1.54) is 4.31 Å². The lowest BCUT2D eigenvalue weighted by Crippen LogP contribution is -2.50. The number of hydrogen-bond acceptors (Lipinski definition) is 4. The highest BCUT2D eigenvalue weighted by atomic mass is 35.5. The average Bonchev–Trinajstić information content (AvgIpc) is 2.94. The van der Waals surface area contributed by atoms with Gasteiger partial charge in [0.25, 0.3) is 0 Å². The van der Waals surface area contributed by atoms with Crippen LogP contribution in [0.15, 0.2) is 78.9 Å². The van der Waals surface area contributed by atoms with Gasteiger partial charge in [0.1, 0.15) is 6.04 Å². The number of likely N-dealkylation sites (N-methyl/N-ethyl adjacent to an activating group) is 1. The quantitative estimate of drug-likeness (QED) is 0.282. The molecule has 40 heavy (non-hydrogen) atoms. The minimum absolute atomic E-state index is 0.0637. The monoisotopic (exact) mass is 583 g/mol. The summed E-state index contributed by atoms with van der Waals surface area (Å²) in [5, 5.41) is 3.38. The van der Waals surface area contributed by atoms with Crippen LogP contribution < -0.4 is 9.62 Å². The van der Waals surface area contributed by atoms with E-state index in [4.69, 9.17) is 11.6 Å². The van der Waals surface area contributed by atoms with E-state index in [9.17, 15) is 18.0 Å². The van der Waals surface area contributed by atoms with Gasteiger partial charge in [-0.15, -0.1) is 0 Å². The number of rotatable bonds is 14. The fourth-order valence-corrected chi connectivity index (χ4v) is 5.72. The Kier molecular flexibility index (Phi) is 11.6. The zero-order chi connectivity index (χ0) is 29.1. The van der Waals surface area contributed by atoms with Crippen LogP contribution in [0.1, 0.15) is 43.4 Å². The van der Waals surface area contributed by atoms with Gasteiger partial charge >= 0.3 is 0 Å². The predicted molar refractivity (Wildman–Crippen MR) is 162 cm³/mol. The van der Waals surface area contributed by atoms with E-state index < -0.39 is 16.1 Å². The van der Waals surface area contributed by atoms with E-state index in [1.54, 1.807) is 23.1 Å². The molecule has 3 rings (SSSR count). The maximum absolute atomic E-state index is 13.8. The van der Waals surface area contributed by atoms with Crippen molar-refractivity contribution in [3.63, 3.8) is 0 Å². The third kappa shape index (κ3) is 8.83. The fraction of sp³-hybridized carbons (Fsp3) is 0.355. The van der Waals surface area contributed by atoms with Crippen molar-refractivity contribution in [2.75, 3.05) is 23.7 Å². The van der Waals surface area contributed by atoms with E-state index >= 15 is 0 Å². The lowest BCUT2D eigenvalue weighted by Gasteiger charge is -2.32. The highest BCUT2D eigenvalue weighted by Crippen LogP contribution is 2.23. The van der Waals surface area contributed by atoms with Crippen molar-refractivity contribution >= 4 is 39.1 Å². The molecule has 0 aliphatic heterocycles. The molecule has 0 aliphatic rings. The summed E-state index contributed by atoms with van der Waals surface area (Å²) in [4.78, 5) is 28.6. The number of nitrogens with one attached hydrogen (secondary N) is 1. The van der Waals surface area contributed by atoms with Gasteiger partial charge in [-0.3, -0.25) is 13.9 Å². The number of hydrogen-bond donors (Lipinski definition) is 1. The molecular weight excluding hydrogens is 546 g/mol. The number of sulfonamides is 1. The second-order valence-electron chi connectivity index (χ2n) is 9.67. The van der Waals surface area contributed by atoms with E-state index in [0.717, 1.165) is 29.4 Å². The first-order chi connectivity index (χ1) is 19.1. The van der Waals surface area contributed by atoms with Crippen molar-refractivity contribution in [3.8, 4) is 0 Å². The first kappa shape index (κ1) is 31.2. The molecule has 0 saturated carbocycles. The van der Waals surface area contributed by atoms with Crippen LogP contribution in [0.5, 0.6) is 0 Å². The van der Waals surface area contributed by atoms with Gasteiger partial charge in [0.15, 0.2) is 0 Å². The number of amides is 2. The maximum atomic E-state index is 13.8. The first-order valence-electron chi connectivity index (χ1n) is 13.5. The molecule has 0 saturated heterocycles. The molecule has 0 radical (unpaired) electrons. The number of aryl methyl sites for hydroxylation is 1. The van der Waals surface area contributed by atoms with Crippen LogP contribution in [0.4, 0.5) is 5.69 Å². The number of anilines is 1. The standard InChI is InChI=1S/C31H38ClN3O4S/c1-4-24-17-19-27(20-18-24)35(40(3,38)39)21-11-16-30(36)34(23-26-14-9-10-15-28(26)32)29(31(37)33-5-2)22-25-12-7-6-8-13-25/h6-10,12-15,17-20,29H,4-5,11,16,21-23H2,1-3H3,(H,33,37). The van der Waals surface area contributed by atoms with Crippen LogP contribution in [0.25, 0.3) is 0 Å². The Hall–Kier alpha value is -3.36. The summed E-state index contributed by atoms with van der Waals surface area (Å²) in [6.45, 7) is 4.60. The van der Waals surface area contributed by atoms with Gasteiger partial charge in [-0.1, -0.05) is 79.2 Å². The normalized spacial score (nSPS) is 12.0. The fourth-order valence-electron chi connectivity index (χ4n) is 4.56. The Morgan fingerprint density at radius 3 is 2.15 bits per heavy atom. The van der Waals surface area contributed by atoms with Gasteiger partial charge in [-0.05, 0) is 54.7 Å². The van der Waals surface area contributed by atoms with Gasteiger partial charge in [-0.25, -0.2) is 8.42 Å². The lowest BCUT2D eigenvalue weighted by molar-refractivity contribution is -0.141. The van der Waals surface area contributed by atoms with Crippen molar-refractivity contribution < 1.29 is 18.0 Å². The molecule has 1 N–H and O–H groups in total. The van der Waals surface area contributed by atoms with Crippen molar-refractivity contribution in [2.24, 2.45) is 0 Å². The summed E-state index contributed by atoms with van der Waals surface area (Å²) in [5.74, 6) is -0.498. The Balaban J connectivity index is 1.86. The Morgan fingerprint density at radius 1 is 0.900 bits per heavy atom. The molecule has 7 nitrogen and oxygen atoms in total. The van der Waals surface area contributed by atoms with Crippen LogP contribution in [0, 0.1) is 0 Å². The number of benzene rings is 3. The largest absolute Gasteiger partial charge is 0.355 e. The number of halogens is 1. The first-order valence-corrected chi connectivity index (χ1v) is 15.8. The van der Waals surface area contributed by atoms with E-state index in [2.05, 4.69) is 5.32 Å². The number of carbonyl (C=O) groups excluding carboxylic acids is 2. The van der Waals surface area contributed by atoms with E-state index in [-0.39, 0.29) is 37.7 Å². The average molecular weight is 584 g/mol. The van der Waals surface area contributed by atoms with Gasteiger partial charge in [0.2, 0.25) is 21.8 Å². The molecular formula is C31H38ClN3O4S. The Bertz CT molecular complexity index is 1360. The molecule has 214 valence electrons. The van der Waals surface area contributed by atoms with Crippen LogP contribution in [-0.2, 0) is 39.0 Å². The second-order valence-corrected chi connectivity index (χ2v) is 12.0. The van der Waals surface area contributed by atoms with Crippen molar-refractivity contribution in [1.29, 1.82) is 0 Å². The maximum Gasteiger partial charge on any atom is 0.243 e. The topological polar surface area (TPSA) is 86.8 Å². The molecule has 0 bridgehead atoms. The summed E-state index contributed by atoms with van der Waals surface area (Å²) in [7, 11) is -3.56. The molecule has 1 atom stereocenters. The third-order valence-electron chi connectivity index (χ3n) is 6.71. The highest BCUT2D eigenvalue weighted by molar-refractivity contribution is 7.92. The summed E-state index contributed by atoms with van der Waals surface area (Å²) in [5.41, 5.74) is 3.32. The molecule has 3 aromatic carbocycles. The zero-order valence-electron chi connectivity index (χ0n) is 23.3. The number of nitrogens with zero attached hydrogens (tertiary/aromatic N) is 2. The summed E-state index contributed by atoms with van der Waals surface area (Å²) < 4.78 is 26.5. The molecule has 0 aromatic heterocycles. The summed E-state index contributed by atoms with van der Waals surface area (Å²) in [6, 6.07) is 23.4. The van der Waals surface area contributed by atoms with Gasteiger partial charge < -0.3 is 10.2 Å². The lowest BCUT2D eigenvalue weighted by atomic mass is 10.0. The smallest absolute Gasteiger partial charge is 0.243 e. The van der Waals surface area contributed by atoms with Crippen LogP contribution in [0.3, 0.4) is 0 Å². The molecule has 0 heterocycles. The van der Waals surface area contributed by atoms with Gasteiger partial charge in [-0.2, -0.15) is 0 Å². The number of carbonyl (C=O) groups is 2. The SMILES string of the molecule is CCNC(=O)C(Cc1ccccc1)N(Cc1ccccc1Cl)C(=O)CCCN(c1ccc(CC)cc1)S(C)(=O)=O. The van der Waals surface area contributed by atoms with Crippen LogP contribution >= 0.6 is 11.6 Å². The highest BCUT2D eigenvalue weighted by Gasteiger charge is 2.30. The Labute approximate surface area is 243 Å². The minimum Gasteiger partial charge on any atom is -0.355 e. The second kappa shape index (κ2) is 14.9. The van der Waals surface area contributed by atoms with Crippen molar-refractivity contribution in [3.05, 3.63) is 101 Å². The van der Waals surface area contributed by atoms with E-state index in [0.29, 0.717) is 23.7 Å². The molecule has 0 aliphatic carbocycles. The zero-order valence-corrected chi connectivity index (χ0v) is 24.9. The molecule has 3 aromatic rings. The molecule has 0 spiro atoms. The van der Waals surface area contributed by atoms with Crippen LogP contribution in [-0.4, -0.2) is 50.5 Å². The minimum atomic E-state index is -3.56. The van der Waals surface area contributed by atoms with E-state index in [1.807, 2.05) is 74.5 Å². The molecule has 2 amide bonds. The summed E-state index contributed by atoms with van der Waals surface area (Å²) in [6.07, 6.45) is 2.70. The predicted octanol–water partition coefficient (Wildman–Crippen LogP) is 5.22. The van der Waals surface area contributed by atoms with Crippen molar-refractivity contribution in [2.45, 2.75) is 52.1 Å². The molecule has 0 fully saturated rings. The van der Waals surface area contributed by atoms with Gasteiger partial charge in [0, 0.05) is 37.5 Å². The van der Waals surface area contributed by atoms with Crippen LogP contribution in [0.2, 0.25) is 5.02 Å². The summed E-state index contributed by atoms with van der Waals surface area (Å²) >= 11 is 6.45.